The van der Waals surface area contributed by atoms with E-state index in [1.165, 1.54) is 36.8 Å². The van der Waals surface area contributed by atoms with Crippen molar-refractivity contribution in [2.45, 2.75) is 45.1 Å². The van der Waals surface area contributed by atoms with Crippen LogP contribution < -0.4 is 0 Å². The molecule has 1 aliphatic rings. The van der Waals surface area contributed by atoms with E-state index in [0.29, 0.717) is 5.92 Å². The summed E-state index contributed by atoms with van der Waals surface area (Å²) in [6.07, 6.45) is 5.84. The van der Waals surface area contributed by atoms with Crippen molar-refractivity contribution in [3.8, 4) is 0 Å². The van der Waals surface area contributed by atoms with Gasteiger partial charge in [0.2, 0.25) is 0 Å². The van der Waals surface area contributed by atoms with Crippen molar-refractivity contribution in [3.63, 3.8) is 0 Å². The lowest BCUT2D eigenvalue weighted by atomic mass is 9.96. The summed E-state index contributed by atoms with van der Waals surface area (Å²) in [6.45, 7) is 2.22. The number of aliphatic hydroxyl groups excluding tert-OH is 1. The molecular formula is C14H20O. The smallest absolute Gasteiger partial charge is 0.0824 e. The quantitative estimate of drug-likeness (QED) is 0.744. The largest absolute Gasteiger partial charge is 0.388 e. The van der Waals surface area contributed by atoms with Gasteiger partial charge < -0.3 is 5.11 Å². The SMILES string of the molecule is CCCCCC1Cc2ccccc2C1O. The normalized spacial score (nSPS) is 24.1. The minimum Gasteiger partial charge on any atom is -0.388 e. The Balaban J connectivity index is 1.97. The Kier molecular flexibility index (Phi) is 3.42. The molecule has 0 aliphatic heterocycles. The third-order valence-electron chi connectivity index (χ3n) is 3.48. The first-order valence-corrected chi connectivity index (χ1v) is 6.08. The third-order valence-corrected chi connectivity index (χ3v) is 3.48. The first kappa shape index (κ1) is 10.7. The number of unbranched alkanes of at least 4 members (excludes halogenated alkanes) is 2. The van der Waals surface area contributed by atoms with Gasteiger partial charge in [0, 0.05) is 0 Å². The van der Waals surface area contributed by atoms with E-state index in [1.54, 1.807) is 0 Å². The standard InChI is InChI=1S/C14H20O/c1-2-3-4-8-12-10-11-7-5-6-9-13(11)14(12)15/h5-7,9,12,14-15H,2-4,8,10H2,1H3. The van der Waals surface area contributed by atoms with Crippen LogP contribution in [-0.4, -0.2) is 5.11 Å². The average Bonchev–Trinajstić information content (AvgIpc) is 2.57. The van der Waals surface area contributed by atoms with Crippen LogP contribution in [0.2, 0.25) is 0 Å². The van der Waals surface area contributed by atoms with Gasteiger partial charge >= 0.3 is 0 Å². The molecule has 1 aromatic rings. The molecule has 1 heteroatoms. The van der Waals surface area contributed by atoms with Crippen LogP contribution in [0.5, 0.6) is 0 Å². The lowest BCUT2D eigenvalue weighted by Gasteiger charge is -2.14. The summed E-state index contributed by atoms with van der Waals surface area (Å²) in [7, 11) is 0. The Morgan fingerprint density at radius 1 is 1.27 bits per heavy atom. The van der Waals surface area contributed by atoms with Crippen molar-refractivity contribution in [2.75, 3.05) is 0 Å². The highest BCUT2D eigenvalue weighted by molar-refractivity contribution is 5.34. The summed E-state index contributed by atoms with van der Waals surface area (Å²) in [6, 6.07) is 8.31. The van der Waals surface area contributed by atoms with E-state index in [-0.39, 0.29) is 6.10 Å². The lowest BCUT2D eigenvalue weighted by Crippen LogP contribution is -2.06. The van der Waals surface area contributed by atoms with Crippen LogP contribution in [0, 0.1) is 5.92 Å². The molecule has 0 saturated heterocycles. The predicted molar refractivity (Wildman–Crippen MR) is 62.7 cm³/mol. The Morgan fingerprint density at radius 3 is 2.80 bits per heavy atom. The minimum atomic E-state index is -0.210. The van der Waals surface area contributed by atoms with Crippen LogP contribution in [0.4, 0.5) is 0 Å². The van der Waals surface area contributed by atoms with Gasteiger partial charge in [-0.15, -0.1) is 0 Å². The van der Waals surface area contributed by atoms with Gasteiger partial charge in [-0.3, -0.25) is 0 Å². The number of hydrogen-bond acceptors (Lipinski definition) is 1. The Hall–Kier alpha value is -0.820. The molecule has 1 N–H and O–H groups in total. The van der Waals surface area contributed by atoms with Gasteiger partial charge in [-0.25, -0.2) is 0 Å². The Bertz CT molecular complexity index is 319. The topological polar surface area (TPSA) is 20.2 Å². The predicted octanol–water partition coefficient (Wildman–Crippen LogP) is 3.47. The van der Waals surface area contributed by atoms with Crippen molar-refractivity contribution in [1.82, 2.24) is 0 Å². The zero-order valence-electron chi connectivity index (χ0n) is 9.45. The number of rotatable bonds is 4. The van der Waals surface area contributed by atoms with E-state index in [0.717, 1.165) is 6.42 Å². The molecule has 0 aromatic heterocycles. The van der Waals surface area contributed by atoms with E-state index < -0.39 is 0 Å². The number of hydrogen-bond donors (Lipinski definition) is 1. The third kappa shape index (κ3) is 2.23. The molecule has 0 bridgehead atoms. The van der Waals surface area contributed by atoms with Crippen LogP contribution in [-0.2, 0) is 6.42 Å². The molecule has 1 nitrogen and oxygen atoms in total. The maximum Gasteiger partial charge on any atom is 0.0824 e. The fourth-order valence-corrected chi connectivity index (χ4v) is 2.57. The molecule has 2 atom stereocenters. The fourth-order valence-electron chi connectivity index (χ4n) is 2.57. The van der Waals surface area contributed by atoms with Crippen molar-refractivity contribution in [2.24, 2.45) is 5.92 Å². The summed E-state index contributed by atoms with van der Waals surface area (Å²) >= 11 is 0. The van der Waals surface area contributed by atoms with E-state index in [2.05, 4.69) is 25.1 Å². The number of fused-ring (bicyclic) bond motifs is 1. The highest BCUT2D eigenvalue weighted by Gasteiger charge is 2.29. The van der Waals surface area contributed by atoms with Crippen molar-refractivity contribution in [3.05, 3.63) is 35.4 Å². The number of aliphatic hydroxyl groups is 1. The highest BCUT2D eigenvalue weighted by atomic mass is 16.3. The zero-order chi connectivity index (χ0) is 10.7. The van der Waals surface area contributed by atoms with E-state index >= 15 is 0 Å². The molecule has 0 fully saturated rings. The monoisotopic (exact) mass is 204 g/mol. The molecule has 2 rings (SSSR count). The molecule has 0 radical (unpaired) electrons. The molecule has 0 heterocycles. The molecule has 2 unspecified atom stereocenters. The maximum absolute atomic E-state index is 10.1. The van der Waals surface area contributed by atoms with E-state index in [4.69, 9.17) is 0 Å². The van der Waals surface area contributed by atoms with Gasteiger partial charge in [0.05, 0.1) is 6.10 Å². The van der Waals surface area contributed by atoms with Crippen LogP contribution in [0.1, 0.15) is 49.8 Å². The van der Waals surface area contributed by atoms with Gasteiger partial charge in [0.1, 0.15) is 0 Å². The van der Waals surface area contributed by atoms with Gasteiger partial charge in [-0.05, 0) is 29.9 Å². The van der Waals surface area contributed by atoms with Gasteiger partial charge in [0.15, 0.2) is 0 Å². The second-order valence-electron chi connectivity index (χ2n) is 4.60. The van der Waals surface area contributed by atoms with Crippen LogP contribution in [0.15, 0.2) is 24.3 Å². The lowest BCUT2D eigenvalue weighted by molar-refractivity contribution is 0.116. The first-order valence-electron chi connectivity index (χ1n) is 6.08. The second kappa shape index (κ2) is 4.80. The second-order valence-corrected chi connectivity index (χ2v) is 4.60. The van der Waals surface area contributed by atoms with Crippen molar-refractivity contribution >= 4 is 0 Å². The fraction of sp³-hybridized carbons (Fsp3) is 0.571. The van der Waals surface area contributed by atoms with Crippen molar-refractivity contribution in [1.29, 1.82) is 0 Å². The van der Waals surface area contributed by atoms with Crippen LogP contribution in [0.25, 0.3) is 0 Å². The number of benzene rings is 1. The molecule has 0 amide bonds. The zero-order valence-corrected chi connectivity index (χ0v) is 9.45. The van der Waals surface area contributed by atoms with Crippen molar-refractivity contribution < 1.29 is 5.11 Å². The molecule has 1 aliphatic carbocycles. The van der Waals surface area contributed by atoms with Gasteiger partial charge in [-0.2, -0.15) is 0 Å². The van der Waals surface area contributed by atoms with Gasteiger partial charge in [0.25, 0.3) is 0 Å². The van der Waals surface area contributed by atoms with E-state index in [9.17, 15) is 5.11 Å². The molecule has 82 valence electrons. The molecular weight excluding hydrogens is 184 g/mol. The summed E-state index contributed by atoms with van der Waals surface area (Å²) in [5.74, 6) is 0.467. The van der Waals surface area contributed by atoms with Gasteiger partial charge in [-0.1, -0.05) is 50.5 Å². The van der Waals surface area contributed by atoms with Crippen LogP contribution >= 0.6 is 0 Å². The average molecular weight is 204 g/mol. The summed E-state index contributed by atoms with van der Waals surface area (Å²) in [5, 5.41) is 10.1. The Morgan fingerprint density at radius 2 is 2.07 bits per heavy atom. The molecule has 15 heavy (non-hydrogen) atoms. The maximum atomic E-state index is 10.1. The van der Waals surface area contributed by atoms with E-state index in [1.807, 2.05) is 6.07 Å². The highest BCUT2D eigenvalue weighted by Crippen LogP contribution is 2.38. The molecule has 0 saturated carbocycles. The Labute approximate surface area is 92.1 Å². The summed E-state index contributed by atoms with van der Waals surface area (Å²) < 4.78 is 0. The minimum absolute atomic E-state index is 0.210. The first-order chi connectivity index (χ1) is 7.33. The van der Waals surface area contributed by atoms with Crippen LogP contribution in [0.3, 0.4) is 0 Å². The summed E-state index contributed by atoms with van der Waals surface area (Å²) in [5.41, 5.74) is 2.52. The molecule has 1 aromatic carbocycles. The summed E-state index contributed by atoms with van der Waals surface area (Å²) in [4.78, 5) is 0. The molecule has 0 spiro atoms.